The zero-order valence-corrected chi connectivity index (χ0v) is 11.8. The Balaban J connectivity index is 1.96. The van der Waals surface area contributed by atoms with Gasteiger partial charge < -0.3 is 0 Å². The van der Waals surface area contributed by atoms with Gasteiger partial charge in [0.2, 0.25) is 0 Å². The minimum absolute atomic E-state index is 0.00394. The van der Waals surface area contributed by atoms with Crippen LogP contribution >= 0.6 is 0 Å². The molecule has 2 aromatic rings. The molecule has 0 fully saturated rings. The van der Waals surface area contributed by atoms with Gasteiger partial charge in [-0.15, -0.1) is 5.10 Å². The summed E-state index contributed by atoms with van der Waals surface area (Å²) in [4.78, 5) is 4.11. The van der Waals surface area contributed by atoms with Crippen molar-refractivity contribution in [2.45, 2.75) is 13.0 Å². The van der Waals surface area contributed by atoms with Gasteiger partial charge in [0, 0.05) is 30.3 Å². The molecule has 0 spiro atoms. The summed E-state index contributed by atoms with van der Waals surface area (Å²) in [5.74, 6) is 0.561. The van der Waals surface area contributed by atoms with Crippen LogP contribution in [0.3, 0.4) is 0 Å². The molecule has 0 aromatic carbocycles. The average molecular weight is 295 g/mol. The third-order valence-electron chi connectivity index (χ3n) is 2.70. The Hall–Kier alpha value is -1.93. The third kappa shape index (κ3) is 4.04. The fraction of sp³-hybridized carbons (Fsp3) is 0.333. The van der Waals surface area contributed by atoms with E-state index in [1.807, 2.05) is 29.1 Å². The Bertz CT molecular complexity index is 644. The SMILES string of the molecule is COS(=O)(=O)CCC[n+]1ccc(-c2nccnn2)cc1. The van der Waals surface area contributed by atoms with E-state index in [0.717, 1.165) is 5.56 Å². The average Bonchev–Trinajstić information content (AvgIpc) is 2.49. The fourth-order valence-electron chi connectivity index (χ4n) is 1.64. The molecule has 0 aliphatic carbocycles. The molecule has 0 atom stereocenters. The molecule has 0 radical (unpaired) electrons. The lowest BCUT2D eigenvalue weighted by atomic mass is 10.2. The van der Waals surface area contributed by atoms with Crippen LogP contribution in [0.25, 0.3) is 11.4 Å². The number of hydrogen-bond acceptors (Lipinski definition) is 6. The Morgan fingerprint density at radius 2 is 2.00 bits per heavy atom. The summed E-state index contributed by atoms with van der Waals surface area (Å²) in [6.45, 7) is 0.594. The van der Waals surface area contributed by atoms with Gasteiger partial charge in [-0.05, 0) is 0 Å². The van der Waals surface area contributed by atoms with Gasteiger partial charge in [0.1, 0.15) is 6.54 Å². The molecule has 0 N–H and O–H groups in total. The molecule has 8 heteroatoms. The van der Waals surface area contributed by atoms with Gasteiger partial charge in [0.05, 0.1) is 19.1 Å². The molecule has 2 aromatic heterocycles. The summed E-state index contributed by atoms with van der Waals surface area (Å²) < 4.78 is 28.6. The van der Waals surface area contributed by atoms with Crippen LogP contribution in [0.15, 0.2) is 36.9 Å². The highest BCUT2D eigenvalue weighted by Gasteiger charge is 2.10. The summed E-state index contributed by atoms with van der Waals surface area (Å²) in [6, 6.07) is 3.73. The molecule has 0 aliphatic heterocycles. The number of aromatic nitrogens is 4. The normalized spacial score (nSPS) is 11.4. The maximum Gasteiger partial charge on any atom is 0.267 e. The second kappa shape index (κ2) is 6.49. The first-order valence-corrected chi connectivity index (χ1v) is 7.60. The van der Waals surface area contributed by atoms with E-state index in [1.54, 1.807) is 6.20 Å². The predicted octanol–water partition coefficient (Wildman–Crippen LogP) is 0.192. The second-order valence-corrected chi connectivity index (χ2v) is 5.93. The van der Waals surface area contributed by atoms with E-state index >= 15 is 0 Å². The van der Waals surface area contributed by atoms with Crippen molar-refractivity contribution >= 4 is 10.1 Å². The molecule has 0 saturated heterocycles. The molecular formula is C12H15N4O3S+. The summed E-state index contributed by atoms with van der Waals surface area (Å²) in [6.07, 6.45) is 7.29. The minimum atomic E-state index is -3.38. The van der Waals surface area contributed by atoms with Gasteiger partial charge in [-0.25, -0.2) is 9.55 Å². The molecule has 0 saturated carbocycles. The maximum absolute atomic E-state index is 11.2. The van der Waals surface area contributed by atoms with Crippen molar-refractivity contribution in [2.24, 2.45) is 0 Å². The number of aryl methyl sites for hydroxylation is 1. The number of pyridine rings is 1. The first-order valence-electron chi connectivity index (χ1n) is 6.02. The topological polar surface area (TPSA) is 85.9 Å². The summed E-state index contributed by atoms with van der Waals surface area (Å²) >= 11 is 0. The van der Waals surface area contributed by atoms with Crippen molar-refractivity contribution in [2.75, 3.05) is 12.9 Å². The molecule has 2 rings (SSSR count). The van der Waals surface area contributed by atoms with Crippen molar-refractivity contribution in [3.05, 3.63) is 36.9 Å². The van der Waals surface area contributed by atoms with Gasteiger partial charge >= 0.3 is 0 Å². The van der Waals surface area contributed by atoms with Crippen LogP contribution in [0, 0.1) is 0 Å². The van der Waals surface area contributed by atoms with Crippen molar-refractivity contribution in [3.8, 4) is 11.4 Å². The predicted molar refractivity (Wildman–Crippen MR) is 70.9 cm³/mol. The van der Waals surface area contributed by atoms with E-state index < -0.39 is 10.1 Å². The van der Waals surface area contributed by atoms with Crippen LogP contribution in [0.5, 0.6) is 0 Å². The van der Waals surface area contributed by atoms with E-state index in [-0.39, 0.29) is 5.75 Å². The standard InChI is InChI=1S/C12H15N4O3S/c1-19-20(17,18)10-2-7-16-8-3-11(4-9-16)12-13-5-6-14-15-12/h3-6,8-9H,2,7,10H2,1H3/q+1. The monoisotopic (exact) mass is 295 g/mol. The Kier molecular flexibility index (Phi) is 4.70. The molecule has 0 aliphatic rings. The lowest BCUT2D eigenvalue weighted by Crippen LogP contribution is -2.33. The highest BCUT2D eigenvalue weighted by molar-refractivity contribution is 7.86. The van der Waals surface area contributed by atoms with Gasteiger partial charge in [-0.1, -0.05) is 0 Å². The summed E-state index contributed by atoms with van der Waals surface area (Å²) in [5, 5.41) is 7.69. The molecule has 0 amide bonds. The van der Waals surface area contributed by atoms with Crippen LogP contribution in [0.2, 0.25) is 0 Å². The molecule has 0 unspecified atom stereocenters. The second-order valence-electron chi connectivity index (χ2n) is 4.07. The summed E-state index contributed by atoms with van der Waals surface area (Å²) in [5.41, 5.74) is 0.860. The van der Waals surface area contributed by atoms with Crippen LogP contribution in [0.4, 0.5) is 0 Å². The van der Waals surface area contributed by atoms with Crippen molar-refractivity contribution in [1.82, 2.24) is 15.2 Å². The van der Waals surface area contributed by atoms with Crippen LogP contribution in [-0.4, -0.2) is 36.5 Å². The molecular weight excluding hydrogens is 280 g/mol. The number of rotatable bonds is 6. The smallest absolute Gasteiger partial charge is 0.267 e. The molecule has 7 nitrogen and oxygen atoms in total. The lowest BCUT2D eigenvalue weighted by Gasteiger charge is -2.00. The molecule has 106 valence electrons. The number of nitrogens with zero attached hydrogens (tertiary/aromatic N) is 4. The first kappa shape index (κ1) is 14.5. The first-order chi connectivity index (χ1) is 9.61. The fourth-order valence-corrected chi connectivity index (χ4v) is 2.29. The van der Waals surface area contributed by atoms with E-state index in [2.05, 4.69) is 19.4 Å². The van der Waals surface area contributed by atoms with Gasteiger partial charge in [0.25, 0.3) is 10.1 Å². The maximum atomic E-state index is 11.2. The highest BCUT2D eigenvalue weighted by atomic mass is 32.2. The van der Waals surface area contributed by atoms with Crippen molar-refractivity contribution in [3.63, 3.8) is 0 Å². The minimum Gasteiger partial charge on any atom is -0.273 e. The quantitative estimate of drug-likeness (QED) is 0.558. The van der Waals surface area contributed by atoms with E-state index in [4.69, 9.17) is 0 Å². The molecule has 2 heterocycles. The van der Waals surface area contributed by atoms with Gasteiger partial charge in [-0.3, -0.25) is 4.18 Å². The third-order valence-corrected chi connectivity index (χ3v) is 3.99. The van der Waals surface area contributed by atoms with Crippen LogP contribution < -0.4 is 4.57 Å². The van der Waals surface area contributed by atoms with Crippen molar-refractivity contribution in [1.29, 1.82) is 0 Å². The lowest BCUT2D eigenvalue weighted by molar-refractivity contribution is -0.696. The van der Waals surface area contributed by atoms with Crippen molar-refractivity contribution < 1.29 is 17.2 Å². The Morgan fingerprint density at radius 3 is 2.60 bits per heavy atom. The summed E-state index contributed by atoms with van der Waals surface area (Å²) in [7, 11) is -2.21. The highest BCUT2D eigenvalue weighted by Crippen LogP contribution is 2.09. The zero-order chi connectivity index (χ0) is 14.4. The van der Waals surface area contributed by atoms with E-state index in [1.165, 1.54) is 13.3 Å². The van der Waals surface area contributed by atoms with E-state index in [9.17, 15) is 8.42 Å². The zero-order valence-electron chi connectivity index (χ0n) is 11.0. The number of hydrogen-bond donors (Lipinski definition) is 0. The Labute approximate surface area is 117 Å². The van der Waals surface area contributed by atoms with Gasteiger partial charge in [0.15, 0.2) is 18.2 Å². The van der Waals surface area contributed by atoms with Crippen LogP contribution in [0.1, 0.15) is 6.42 Å². The Morgan fingerprint density at radius 1 is 1.25 bits per heavy atom. The largest absolute Gasteiger partial charge is 0.273 e. The molecule has 20 heavy (non-hydrogen) atoms. The van der Waals surface area contributed by atoms with Crippen LogP contribution in [-0.2, 0) is 20.8 Å². The van der Waals surface area contributed by atoms with E-state index in [0.29, 0.717) is 18.8 Å². The molecule has 0 bridgehead atoms. The van der Waals surface area contributed by atoms with Gasteiger partial charge in [-0.2, -0.15) is 13.5 Å².